The quantitative estimate of drug-likeness (QED) is 0.432. The van der Waals surface area contributed by atoms with Crippen LogP contribution < -0.4 is 5.73 Å². The van der Waals surface area contributed by atoms with Crippen LogP contribution in [0.4, 0.5) is 0 Å². The van der Waals surface area contributed by atoms with E-state index in [1.807, 2.05) is 24.3 Å². The second-order valence-corrected chi connectivity index (χ2v) is 11.3. The van der Waals surface area contributed by atoms with Gasteiger partial charge in [-0.25, -0.2) is 8.42 Å². The molecule has 0 spiro atoms. The van der Waals surface area contributed by atoms with Crippen LogP contribution in [0.5, 0.6) is 0 Å². The molecule has 200 valence electrons. The number of aromatic nitrogens is 1. The van der Waals surface area contributed by atoms with E-state index in [9.17, 15) is 18.0 Å². The summed E-state index contributed by atoms with van der Waals surface area (Å²) in [6.45, 7) is 1.93. The highest BCUT2D eigenvalue weighted by atomic mass is 35.5. The molecule has 1 aliphatic heterocycles. The Kier molecular flexibility index (Phi) is 8.78. The lowest BCUT2D eigenvalue weighted by Crippen LogP contribution is -2.61. The molecule has 3 aromatic rings. The van der Waals surface area contributed by atoms with Crippen molar-refractivity contribution in [2.75, 3.05) is 32.0 Å². The number of nitrogens with zero attached hydrogens (tertiary/aromatic N) is 3. The van der Waals surface area contributed by atoms with Gasteiger partial charge >= 0.3 is 0 Å². The van der Waals surface area contributed by atoms with Gasteiger partial charge in [-0.3, -0.25) is 14.6 Å². The summed E-state index contributed by atoms with van der Waals surface area (Å²) in [5.41, 5.74) is 8.56. The molecule has 38 heavy (non-hydrogen) atoms. The number of hydrogen-bond acceptors (Lipinski definition) is 6. The first kappa shape index (κ1) is 27.7. The summed E-state index contributed by atoms with van der Waals surface area (Å²) in [7, 11) is -3.85. The van der Waals surface area contributed by atoms with Crippen LogP contribution in [0.2, 0.25) is 5.02 Å². The smallest absolute Gasteiger partial charge is 0.254 e. The molecular formula is C27H29ClN4O5S. The predicted octanol–water partition coefficient (Wildman–Crippen LogP) is 3.12. The molecule has 2 amide bonds. The van der Waals surface area contributed by atoms with Crippen molar-refractivity contribution in [3.05, 3.63) is 89.2 Å². The van der Waals surface area contributed by atoms with Crippen LogP contribution in [-0.2, 0) is 19.6 Å². The maximum atomic E-state index is 13.4. The Bertz CT molecular complexity index is 1370. The standard InChI is InChI=1S/C27H29ClN4O5S/c1-2-37-25(21-7-9-23(28)10-8-21)18-38(35,36)31-15-16-32(24(17-31)26(29)33)27(34)22-5-3-19(4-6-22)20-11-13-30-14-12-20/h3-14,24-25H,2,15-18H2,1H3,(H2,29,33). The number of benzene rings is 2. The minimum absolute atomic E-state index is 0.0258. The summed E-state index contributed by atoms with van der Waals surface area (Å²) in [5.74, 6) is -1.48. The Balaban J connectivity index is 1.49. The molecule has 2 N–H and O–H groups in total. The maximum absolute atomic E-state index is 13.4. The largest absolute Gasteiger partial charge is 0.373 e. The number of amides is 2. The number of carbonyl (C=O) groups excluding carboxylic acids is 2. The van der Waals surface area contributed by atoms with Gasteiger partial charge in [0.15, 0.2) is 0 Å². The van der Waals surface area contributed by atoms with Crippen molar-refractivity contribution in [3.8, 4) is 11.1 Å². The normalized spacial score (nSPS) is 17.2. The van der Waals surface area contributed by atoms with Gasteiger partial charge in [0.05, 0.1) is 11.9 Å². The molecule has 0 aliphatic carbocycles. The fraction of sp³-hybridized carbons (Fsp3) is 0.296. The lowest BCUT2D eigenvalue weighted by Gasteiger charge is -2.39. The third-order valence-electron chi connectivity index (χ3n) is 6.44. The van der Waals surface area contributed by atoms with E-state index in [-0.39, 0.29) is 31.3 Å². The van der Waals surface area contributed by atoms with E-state index in [1.165, 1.54) is 9.21 Å². The molecule has 1 saturated heterocycles. The average molecular weight is 557 g/mol. The Hall–Kier alpha value is -3.31. The molecule has 0 saturated carbocycles. The second-order valence-electron chi connectivity index (χ2n) is 8.86. The molecule has 0 radical (unpaired) electrons. The Morgan fingerprint density at radius 2 is 1.66 bits per heavy atom. The van der Waals surface area contributed by atoms with Crippen molar-refractivity contribution < 1.29 is 22.7 Å². The second kappa shape index (κ2) is 12.0. The van der Waals surface area contributed by atoms with E-state index in [0.29, 0.717) is 22.8 Å². The van der Waals surface area contributed by atoms with Crippen molar-refractivity contribution in [1.29, 1.82) is 0 Å². The number of carbonyl (C=O) groups is 2. The SMILES string of the molecule is CCOC(CS(=O)(=O)N1CCN(C(=O)c2ccc(-c3ccncc3)cc2)C(C(N)=O)C1)c1ccc(Cl)cc1. The zero-order chi connectivity index (χ0) is 27.3. The molecule has 2 atom stereocenters. The number of nitrogens with two attached hydrogens (primary N) is 1. The summed E-state index contributed by atoms with van der Waals surface area (Å²) in [6, 6.07) is 16.4. The summed E-state index contributed by atoms with van der Waals surface area (Å²) in [6.07, 6.45) is 2.66. The monoisotopic (exact) mass is 556 g/mol. The van der Waals surface area contributed by atoms with E-state index in [4.69, 9.17) is 22.1 Å². The van der Waals surface area contributed by atoms with Gasteiger partial charge in [-0.1, -0.05) is 35.9 Å². The summed E-state index contributed by atoms with van der Waals surface area (Å²) < 4.78 is 33.6. The first-order valence-corrected chi connectivity index (χ1v) is 14.1. The van der Waals surface area contributed by atoms with E-state index >= 15 is 0 Å². The highest BCUT2D eigenvalue weighted by Gasteiger charge is 2.39. The maximum Gasteiger partial charge on any atom is 0.254 e. The molecule has 2 aromatic carbocycles. The molecule has 4 rings (SSSR count). The van der Waals surface area contributed by atoms with Crippen molar-refractivity contribution in [1.82, 2.24) is 14.2 Å². The summed E-state index contributed by atoms with van der Waals surface area (Å²) >= 11 is 5.97. The highest BCUT2D eigenvalue weighted by molar-refractivity contribution is 7.89. The van der Waals surface area contributed by atoms with Gasteiger partial charge in [0.1, 0.15) is 6.04 Å². The van der Waals surface area contributed by atoms with Crippen LogP contribution >= 0.6 is 11.6 Å². The van der Waals surface area contributed by atoms with Gasteiger partial charge in [0, 0.05) is 49.2 Å². The fourth-order valence-corrected chi connectivity index (χ4v) is 6.16. The number of halogens is 1. The minimum Gasteiger partial charge on any atom is -0.373 e. The van der Waals surface area contributed by atoms with Crippen LogP contribution in [0.1, 0.15) is 28.9 Å². The lowest BCUT2D eigenvalue weighted by molar-refractivity contribution is -0.123. The Morgan fingerprint density at radius 1 is 1.03 bits per heavy atom. The Labute approximate surface area is 227 Å². The Morgan fingerprint density at radius 3 is 2.26 bits per heavy atom. The first-order chi connectivity index (χ1) is 18.2. The fourth-order valence-electron chi connectivity index (χ4n) is 4.43. The third-order valence-corrected chi connectivity index (χ3v) is 8.54. The van der Waals surface area contributed by atoms with Crippen LogP contribution in [0.15, 0.2) is 73.1 Å². The molecule has 1 aliphatic rings. The van der Waals surface area contributed by atoms with Crippen LogP contribution in [0.25, 0.3) is 11.1 Å². The van der Waals surface area contributed by atoms with Crippen molar-refractivity contribution >= 4 is 33.4 Å². The third kappa shape index (κ3) is 6.39. The van der Waals surface area contributed by atoms with E-state index in [2.05, 4.69) is 4.98 Å². The number of rotatable bonds is 9. The van der Waals surface area contributed by atoms with Gasteiger partial charge in [0.2, 0.25) is 15.9 Å². The van der Waals surface area contributed by atoms with E-state index in [1.54, 1.807) is 55.7 Å². The number of pyridine rings is 1. The number of sulfonamides is 1. The van der Waals surface area contributed by atoms with Crippen LogP contribution in [-0.4, -0.2) is 72.5 Å². The van der Waals surface area contributed by atoms with Gasteiger partial charge < -0.3 is 15.4 Å². The molecule has 2 unspecified atom stereocenters. The highest BCUT2D eigenvalue weighted by Crippen LogP contribution is 2.25. The minimum atomic E-state index is -3.85. The summed E-state index contributed by atoms with van der Waals surface area (Å²) in [5, 5.41) is 0.531. The van der Waals surface area contributed by atoms with E-state index < -0.39 is 28.1 Å². The van der Waals surface area contributed by atoms with Crippen LogP contribution in [0, 0.1) is 0 Å². The topological polar surface area (TPSA) is 123 Å². The number of hydrogen-bond donors (Lipinski definition) is 1. The van der Waals surface area contributed by atoms with Crippen molar-refractivity contribution in [3.63, 3.8) is 0 Å². The molecule has 11 heteroatoms. The number of ether oxygens (including phenoxy) is 1. The number of primary amides is 1. The zero-order valence-electron chi connectivity index (χ0n) is 20.9. The molecule has 2 heterocycles. The van der Waals surface area contributed by atoms with Crippen molar-refractivity contribution in [2.24, 2.45) is 5.73 Å². The lowest BCUT2D eigenvalue weighted by atomic mass is 10.0. The summed E-state index contributed by atoms with van der Waals surface area (Å²) in [4.78, 5) is 31.0. The molecule has 0 bridgehead atoms. The van der Waals surface area contributed by atoms with E-state index in [0.717, 1.165) is 11.1 Å². The van der Waals surface area contributed by atoms with Gasteiger partial charge in [-0.2, -0.15) is 4.31 Å². The molecule has 9 nitrogen and oxygen atoms in total. The van der Waals surface area contributed by atoms with Gasteiger partial charge in [-0.15, -0.1) is 0 Å². The van der Waals surface area contributed by atoms with Crippen molar-refractivity contribution in [2.45, 2.75) is 19.1 Å². The predicted molar refractivity (Wildman–Crippen MR) is 145 cm³/mol. The van der Waals surface area contributed by atoms with Crippen LogP contribution in [0.3, 0.4) is 0 Å². The zero-order valence-corrected chi connectivity index (χ0v) is 22.4. The van der Waals surface area contributed by atoms with Gasteiger partial charge in [-0.05, 0) is 60.0 Å². The molecular weight excluding hydrogens is 528 g/mol. The van der Waals surface area contributed by atoms with Gasteiger partial charge in [0.25, 0.3) is 5.91 Å². The first-order valence-electron chi connectivity index (χ1n) is 12.1. The average Bonchev–Trinajstić information content (AvgIpc) is 2.93. The molecule has 1 fully saturated rings. The number of piperazine rings is 1. The molecule has 1 aromatic heterocycles.